The van der Waals surface area contributed by atoms with E-state index in [2.05, 4.69) is 4.90 Å². The van der Waals surface area contributed by atoms with Crippen LogP contribution in [-0.2, 0) is 4.74 Å². The van der Waals surface area contributed by atoms with Gasteiger partial charge in [0.1, 0.15) is 0 Å². The third kappa shape index (κ3) is 1.39. The minimum atomic E-state index is 0.282. The molecule has 0 aromatic rings. The summed E-state index contributed by atoms with van der Waals surface area (Å²) < 4.78 is 5.55. The molecule has 0 radical (unpaired) electrons. The van der Waals surface area contributed by atoms with Gasteiger partial charge in [0.2, 0.25) is 0 Å². The van der Waals surface area contributed by atoms with E-state index in [1.165, 1.54) is 19.3 Å². The van der Waals surface area contributed by atoms with Gasteiger partial charge in [-0.2, -0.15) is 0 Å². The molecule has 2 unspecified atom stereocenters. The molecule has 74 valence electrons. The summed E-state index contributed by atoms with van der Waals surface area (Å²) in [7, 11) is 0. The lowest BCUT2D eigenvalue weighted by atomic mass is 10.1. The molecule has 2 atom stereocenters. The van der Waals surface area contributed by atoms with Crippen LogP contribution in [0.5, 0.6) is 0 Å². The van der Waals surface area contributed by atoms with Gasteiger partial charge < -0.3 is 9.84 Å². The minimum absolute atomic E-state index is 0.282. The molecule has 0 bridgehead atoms. The van der Waals surface area contributed by atoms with Crippen LogP contribution < -0.4 is 0 Å². The topological polar surface area (TPSA) is 32.7 Å². The number of hydrogen-bond acceptors (Lipinski definition) is 3. The zero-order valence-corrected chi connectivity index (χ0v) is 7.91. The van der Waals surface area contributed by atoms with E-state index in [1.807, 2.05) is 0 Å². The molecule has 0 amide bonds. The summed E-state index contributed by atoms with van der Waals surface area (Å²) in [5.41, 5.74) is 0.282. The van der Waals surface area contributed by atoms with Crippen molar-refractivity contribution in [2.45, 2.75) is 31.4 Å². The molecular weight excluding hydrogens is 166 g/mol. The highest BCUT2D eigenvalue weighted by molar-refractivity contribution is 5.04. The molecule has 0 aromatic carbocycles. The van der Waals surface area contributed by atoms with Crippen LogP contribution in [0.25, 0.3) is 0 Å². The van der Waals surface area contributed by atoms with Crippen molar-refractivity contribution in [2.24, 2.45) is 5.41 Å². The smallest absolute Gasteiger partial charge is 0.0747 e. The SMILES string of the molecule is OCC1(CN2CCOC3CC32)CC1. The summed E-state index contributed by atoms with van der Waals surface area (Å²) in [5, 5.41) is 9.23. The maximum absolute atomic E-state index is 9.23. The summed E-state index contributed by atoms with van der Waals surface area (Å²) in [5.74, 6) is 0. The quantitative estimate of drug-likeness (QED) is 0.680. The molecule has 0 aromatic heterocycles. The Morgan fingerprint density at radius 1 is 1.46 bits per heavy atom. The Hall–Kier alpha value is -0.120. The van der Waals surface area contributed by atoms with Crippen molar-refractivity contribution in [3.8, 4) is 0 Å². The Morgan fingerprint density at radius 3 is 3.00 bits per heavy atom. The van der Waals surface area contributed by atoms with Crippen LogP contribution in [0, 0.1) is 5.41 Å². The van der Waals surface area contributed by atoms with Crippen LogP contribution in [0.3, 0.4) is 0 Å². The maximum atomic E-state index is 9.23. The number of rotatable bonds is 3. The van der Waals surface area contributed by atoms with Gasteiger partial charge in [-0.25, -0.2) is 0 Å². The third-order valence-electron chi connectivity index (χ3n) is 3.71. The second-order valence-electron chi connectivity index (χ2n) is 4.84. The van der Waals surface area contributed by atoms with E-state index in [4.69, 9.17) is 4.74 Å². The fourth-order valence-corrected chi connectivity index (χ4v) is 2.38. The average Bonchev–Trinajstić information content (AvgIpc) is 2.98. The molecule has 3 aliphatic rings. The first-order valence-electron chi connectivity index (χ1n) is 5.30. The van der Waals surface area contributed by atoms with Crippen LogP contribution in [0.4, 0.5) is 0 Å². The minimum Gasteiger partial charge on any atom is -0.396 e. The zero-order valence-electron chi connectivity index (χ0n) is 7.91. The fourth-order valence-electron chi connectivity index (χ4n) is 2.38. The first-order valence-corrected chi connectivity index (χ1v) is 5.30. The molecular formula is C10H17NO2. The van der Waals surface area contributed by atoms with Gasteiger partial charge in [0.05, 0.1) is 12.7 Å². The first kappa shape index (κ1) is 8.21. The molecule has 1 N–H and O–H groups in total. The Morgan fingerprint density at radius 2 is 2.31 bits per heavy atom. The van der Waals surface area contributed by atoms with E-state index in [9.17, 15) is 5.11 Å². The predicted molar refractivity (Wildman–Crippen MR) is 48.5 cm³/mol. The Kier molecular flexibility index (Phi) is 1.70. The number of ether oxygens (including phenoxy) is 1. The lowest BCUT2D eigenvalue weighted by molar-refractivity contribution is 0.0171. The van der Waals surface area contributed by atoms with Crippen LogP contribution in [0.2, 0.25) is 0 Å². The van der Waals surface area contributed by atoms with E-state index in [-0.39, 0.29) is 5.41 Å². The second kappa shape index (κ2) is 2.69. The van der Waals surface area contributed by atoms with Crippen LogP contribution in [0.15, 0.2) is 0 Å². The van der Waals surface area contributed by atoms with Gasteiger partial charge in [-0.15, -0.1) is 0 Å². The second-order valence-corrected chi connectivity index (χ2v) is 4.84. The number of hydrogen-bond donors (Lipinski definition) is 1. The summed E-state index contributed by atoms with van der Waals surface area (Å²) in [6.45, 7) is 3.45. The van der Waals surface area contributed by atoms with Crippen LogP contribution >= 0.6 is 0 Å². The molecule has 1 saturated heterocycles. The largest absolute Gasteiger partial charge is 0.396 e. The van der Waals surface area contributed by atoms with Gasteiger partial charge in [0, 0.05) is 31.2 Å². The summed E-state index contributed by atoms with van der Waals surface area (Å²) >= 11 is 0. The molecule has 3 rings (SSSR count). The van der Waals surface area contributed by atoms with Gasteiger partial charge in [0.15, 0.2) is 0 Å². The molecule has 13 heavy (non-hydrogen) atoms. The average molecular weight is 183 g/mol. The Balaban J connectivity index is 1.60. The highest BCUT2D eigenvalue weighted by Crippen LogP contribution is 2.48. The maximum Gasteiger partial charge on any atom is 0.0747 e. The standard InChI is InChI=1S/C10H17NO2/c12-7-10(1-2-10)6-11-3-4-13-9-5-8(9)11/h8-9,12H,1-7H2. The Bertz CT molecular complexity index is 215. The molecule has 3 heteroatoms. The van der Waals surface area contributed by atoms with Crippen molar-refractivity contribution in [2.75, 3.05) is 26.3 Å². The van der Waals surface area contributed by atoms with Crippen molar-refractivity contribution in [3.05, 3.63) is 0 Å². The van der Waals surface area contributed by atoms with Crippen molar-refractivity contribution >= 4 is 0 Å². The molecule has 3 fully saturated rings. The van der Waals surface area contributed by atoms with Crippen LogP contribution in [0.1, 0.15) is 19.3 Å². The predicted octanol–water partition coefficient (Wildman–Crippen LogP) is 0.232. The summed E-state index contributed by atoms with van der Waals surface area (Å²) in [4.78, 5) is 2.53. The van der Waals surface area contributed by atoms with Gasteiger partial charge in [-0.05, 0) is 19.3 Å². The number of morpholine rings is 1. The number of fused-ring (bicyclic) bond motifs is 1. The van der Waals surface area contributed by atoms with Gasteiger partial charge in [0.25, 0.3) is 0 Å². The summed E-state index contributed by atoms with van der Waals surface area (Å²) in [6, 6.07) is 0.692. The normalized spacial score (nSPS) is 41.3. The van der Waals surface area contributed by atoms with Crippen LogP contribution in [-0.4, -0.2) is 48.5 Å². The van der Waals surface area contributed by atoms with Crippen molar-refractivity contribution < 1.29 is 9.84 Å². The first-order chi connectivity index (χ1) is 6.33. The molecule has 1 aliphatic heterocycles. The molecule has 2 saturated carbocycles. The fraction of sp³-hybridized carbons (Fsp3) is 1.00. The Labute approximate surface area is 78.7 Å². The summed E-state index contributed by atoms with van der Waals surface area (Å²) in [6.07, 6.45) is 4.20. The van der Waals surface area contributed by atoms with E-state index in [1.54, 1.807) is 0 Å². The third-order valence-corrected chi connectivity index (χ3v) is 3.71. The molecule has 2 aliphatic carbocycles. The van der Waals surface area contributed by atoms with Gasteiger partial charge in [-0.3, -0.25) is 4.90 Å². The molecule has 1 heterocycles. The van der Waals surface area contributed by atoms with Gasteiger partial charge in [-0.1, -0.05) is 0 Å². The zero-order chi connectivity index (χ0) is 8.89. The van der Waals surface area contributed by atoms with Crippen molar-refractivity contribution in [1.82, 2.24) is 4.90 Å². The van der Waals surface area contributed by atoms with Crippen molar-refractivity contribution in [1.29, 1.82) is 0 Å². The highest BCUT2D eigenvalue weighted by atomic mass is 16.5. The van der Waals surface area contributed by atoms with E-state index >= 15 is 0 Å². The number of aliphatic hydroxyl groups is 1. The molecule has 3 nitrogen and oxygen atoms in total. The monoisotopic (exact) mass is 183 g/mol. The lowest BCUT2D eigenvalue weighted by Crippen LogP contribution is -2.41. The number of nitrogens with zero attached hydrogens (tertiary/aromatic N) is 1. The van der Waals surface area contributed by atoms with E-state index < -0.39 is 0 Å². The highest BCUT2D eigenvalue weighted by Gasteiger charge is 2.51. The van der Waals surface area contributed by atoms with Crippen molar-refractivity contribution in [3.63, 3.8) is 0 Å². The van der Waals surface area contributed by atoms with E-state index in [0.717, 1.165) is 19.7 Å². The van der Waals surface area contributed by atoms with E-state index in [0.29, 0.717) is 18.8 Å². The lowest BCUT2D eigenvalue weighted by Gasteiger charge is -2.29. The number of aliphatic hydroxyl groups excluding tert-OH is 1. The van der Waals surface area contributed by atoms with Gasteiger partial charge >= 0.3 is 0 Å². The molecule has 0 spiro atoms.